The van der Waals surface area contributed by atoms with Crippen LogP contribution in [0, 0.1) is 0 Å². The van der Waals surface area contributed by atoms with Crippen LogP contribution in [0.1, 0.15) is 20.3 Å². The lowest BCUT2D eigenvalue weighted by Crippen LogP contribution is -2.54. The molecule has 4 heteroatoms. The van der Waals surface area contributed by atoms with Gasteiger partial charge in [0, 0.05) is 38.4 Å². The SMILES string of the molecule is CCCNC(=O)[C@@H](C)N1CCN(c2ccccc2)CC1. The molecule has 1 aromatic carbocycles. The minimum absolute atomic E-state index is 0.0283. The molecule has 110 valence electrons. The van der Waals surface area contributed by atoms with Crippen LogP contribution >= 0.6 is 0 Å². The molecule has 1 saturated heterocycles. The van der Waals surface area contributed by atoms with E-state index in [2.05, 4.69) is 46.3 Å². The number of anilines is 1. The zero-order valence-electron chi connectivity index (χ0n) is 12.5. The summed E-state index contributed by atoms with van der Waals surface area (Å²) in [6.07, 6.45) is 0.986. The molecule has 1 aromatic rings. The van der Waals surface area contributed by atoms with Crippen LogP contribution in [0.25, 0.3) is 0 Å². The predicted octanol–water partition coefficient (Wildman–Crippen LogP) is 1.72. The van der Waals surface area contributed by atoms with Crippen LogP contribution in [0.15, 0.2) is 30.3 Å². The van der Waals surface area contributed by atoms with E-state index in [9.17, 15) is 4.79 Å². The van der Waals surface area contributed by atoms with Gasteiger partial charge in [-0.05, 0) is 25.5 Å². The minimum Gasteiger partial charge on any atom is -0.369 e. The lowest BCUT2D eigenvalue weighted by atomic mass is 10.2. The van der Waals surface area contributed by atoms with Gasteiger partial charge in [-0.15, -0.1) is 0 Å². The second-order valence-corrected chi connectivity index (χ2v) is 5.33. The van der Waals surface area contributed by atoms with Gasteiger partial charge in [0.05, 0.1) is 6.04 Å². The molecule has 0 aromatic heterocycles. The predicted molar refractivity (Wildman–Crippen MR) is 83.0 cm³/mol. The van der Waals surface area contributed by atoms with Crippen molar-refractivity contribution in [3.05, 3.63) is 30.3 Å². The molecule has 2 rings (SSSR count). The Morgan fingerprint density at radius 2 is 1.85 bits per heavy atom. The van der Waals surface area contributed by atoms with E-state index in [4.69, 9.17) is 0 Å². The molecule has 1 N–H and O–H groups in total. The number of hydrogen-bond donors (Lipinski definition) is 1. The van der Waals surface area contributed by atoms with E-state index in [1.165, 1.54) is 5.69 Å². The first kappa shape index (κ1) is 14.9. The summed E-state index contributed by atoms with van der Waals surface area (Å²) in [6.45, 7) is 8.69. The highest BCUT2D eigenvalue weighted by Crippen LogP contribution is 2.16. The fourth-order valence-electron chi connectivity index (χ4n) is 2.57. The topological polar surface area (TPSA) is 35.6 Å². The Labute approximate surface area is 121 Å². The second kappa shape index (κ2) is 7.29. The van der Waals surface area contributed by atoms with Crippen molar-refractivity contribution in [1.29, 1.82) is 0 Å². The van der Waals surface area contributed by atoms with Gasteiger partial charge in [-0.25, -0.2) is 0 Å². The van der Waals surface area contributed by atoms with Gasteiger partial charge in [0.1, 0.15) is 0 Å². The number of benzene rings is 1. The molecule has 0 unspecified atom stereocenters. The highest BCUT2D eigenvalue weighted by atomic mass is 16.2. The molecule has 1 amide bonds. The van der Waals surface area contributed by atoms with Gasteiger partial charge in [0.2, 0.25) is 5.91 Å². The minimum atomic E-state index is -0.0283. The molecule has 0 spiro atoms. The molecule has 1 aliphatic heterocycles. The standard InChI is InChI=1S/C16H25N3O/c1-3-9-17-16(20)14(2)18-10-12-19(13-11-18)15-7-5-4-6-8-15/h4-8,14H,3,9-13H2,1-2H3,(H,17,20)/t14-/m1/s1. The van der Waals surface area contributed by atoms with Gasteiger partial charge in [-0.1, -0.05) is 25.1 Å². The van der Waals surface area contributed by atoms with Crippen LogP contribution in [0.3, 0.4) is 0 Å². The summed E-state index contributed by atoms with van der Waals surface area (Å²) in [5, 5.41) is 2.98. The number of nitrogens with one attached hydrogen (secondary N) is 1. The van der Waals surface area contributed by atoms with Crippen molar-refractivity contribution in [3.63, 3.8) is 0 Å². The molecular formula is C16H25N3O. The van der Waals surface area contributed by atoms with E-state index >= 15 is 0 Å². The Kier molecular flexibility index (Phi) is 5.41. The number of amides is 1. The summed E-state index contributed by atoms with van der Waals surface area (Å²) >= 11 is 0. The highest BCUT2D eigenvalue weighted by Gasteiger charge is 2.25. The molecule has 4 nitrogen and oxygen atoms in total. The fraction of sp³-hybridized carbons (Fsp3) is 0.562. The number of nitrogens with zero attached hydrogens (tertiary/aromatic N) is 2. The molecule has 0 radical (unpaired) electrons. The van der Waals surface area contributed by atoms with Crippen molar-refractivity contribution in [1.82, 2.24) is 10.2 Å². The molecule has 1 aliphatic rings. The number of carbonyl (C=O) groups excluding carboxylic acids is 1. The van der Waals surface area contributed by atoms with Gasteiger partial charge in [0.25, 0.3) is 0 Å². The first-order valence-corrected chi connectivity index (χ1v) is 7.54. The summed E-state index contributed by atoms with van der Waals surface area (Å²) in [5.74, 6) is 0.153. The van der Waals surface area contributed by atoms with Crippen LogP contribution in [0.5, 0.6) is 0 Å². The Bertz CT molecular complexity index is 413. The number of rotatable bonds is 5. The number of hydrogen-bond acceptors (Lipinski definition) is 3. The second-order valence-electron chi connectivity index (χ2n) is 5.33. The lowest BCUT2D eigenvalue weighted by molar-refractivity contribution is -0.126. The quantitative estimate of drug-likeness (QED) is 0.889. The monoisotopic (exact) mass is 275 g/mol. The van der Waals surface area contributed by atoms with Crippen molar-refractivity contribution < 1.29 is 4.79 Å². The molecule has 1 fully saturated rings. The van der Waals surface area contributed by atoms with E-state index < -0.39 is 0 Å². The number of para-hydroxylation sites is 1. The molecule has 1 atom stereocenters. The Hall–Kier alpha value is -1.55. The summed E-state index contributed by atoms with van der Waals surface area (Å²) in [6, 6.07) is 10.4. The molecule has 1 heterocycles. The van der Waals surface area contributed by atoms with Crippen molar-refractivity contribution in [2.75, 3.05) is 37.6 Å². The van der Waals surface area contributed by atoms with Gasteiger partial charge >= 0.3 is 0 Å². The van der Waals surface area contributed by atoms with Gasteiger partial charge in [0.15, 0.2) is 0 Å². The zero-order valence-corrected chi connectivity index (χ0v) is 12.5. The molecular weight excluding hydrogens is 250 g/mol. The maximum atomic E-state index is 12.0. The van der Waals surface area contributed by atoms with Gasteiger partial charge in [-0.2, -0.15) is 0 Å². The molecule has 0 saturated carbocycles. The number of carbonyl (C=O) groups is 1. The van der Waals surface area contributed by atoms with E-state index in [1.807, 2.05) is 13.0 Å². The lowest BCUT2D eigenvalue weighted by Gasteiger charge is -2.38. The van der Waals surface area contributed by atoms with E-state index in [1.54, 1.807) is 0 Å². The Balaban J connectivity index is 1.83. The van der Waals surface area contributed by atoms with E-state index in [0.717, 1.165) is 39.1 Å². The summed E-state index contributed by atoms with van der Waals surface area (Å²) < 4.78 is 0. The van der Waals surface area contributed by atoms with Crippen LogP contribution in [-0.4, -0.2) is 49.6 Å². The highest BCUT2D eigenvalue weighted by molar-refractivity contribution is 5.81. The first-order valence-electron chi connectivity index (χ1n) is 7.54. The van der Waals surface area contributed by atoms with Crippen molar-refractivity contribution >= 4 is 11.6 Å². The normalized spacial score (nSPS) is 17.8. The Morgan fingerprint density at radius 3 is 2.45 bits per heavy atom. The van der Waals surface area contributed by atoms with E-state index in [-0.39, 0.29) is 11.9 Å². The summed E-state index contributed by atoms with van der Waals surface area (Å²) in [7, 11) is 0. The average Bonchev–Trinajstić information content (AvgIpc) is 2.53. The Morgan fingerprint density at radius 1 is 1.20 bits per heavy atom. The molecule has 0 bridgehead atoms. The van der Waals surface area contributed by atoms with Crippen molar-refractivity contribution in [2.24, 2.45) is 0 Å². The third-order valence-corrected chi connectivity index (χ3v) is 3.91. The average molecular weight is 275 g/mol. The smallest absolute Gasteiger partial charge is 0.237 e. The van der Waals surface area contributed by atoms with Gasteiger partial charge in [-0.3, -0.25) is 9.69 Å². The maximum Gasteiger partial charge on any atom is 0.237 e. The zero-order chi connectivity index (χ0) is 14.4. The largest absolute Gasteiger partial charge is 0.369 e. The number of piperazine rings is 1. The van der Waals surface area contributed by atoms with E-state index in [0.29, 0.717) is 0 Å². The fourth-order valence-corrected chi connectivity index (χ4v) is 2.57. The maximum absolute atomic E-state index is 12.0. The third-order valence-electron chi connectivity index (χ3n) is 3.91. The summed E-state index contributed by atoms with van der Waals surface area (Å²) in [5.41, 5.74) is 1.27. The van der Waals surface area contributed by atoms with Crippen LogP contribution in [-0.2, 0) is 4.79 Å². The molecule has 20 heavy (non-hydrogen) atoms. The van der Waals surface area contributed by atoms with Crippen LogP contribution in [0.2, 0.25) is 0 Å². The van der Waals surface area contributed by atoms with Crippen molar-refractivity contribution in [3.8, 4) is 0 Å². The van der Waals surface area contributed by atoms with Crippen LogP contribution in [0.4, 0.5) is 5.69 Å². The summed E-state index contributed by atoms with van der Waals surface area (Å²) in [4.78, 5) is 16.6. The van der Waals surface area contributed by atoms with Gasteiger partial charge < -0.3 is 10.2 Å². The first-order chi connectivity index (χ1) is 9.72. The third kappa shape index (κ3) is 3.73. The van der Waals surface area contributed by atoms with Crippen LogP contribution < -0.4 is 10.2 Å². The molecule has 0 aliphatic carbocycles. The van der Waals surface area contributed by atoms with Crippen molar-refractivity contribution in [2.45, 2.75) is 26.3 Å².